The van der Waals surface area contributed by atoms with Crippen molar-refractivity contribution in [3.05, 3.63) is 56.1 Å². The number of H-pyrrole nitrogens is 1. The smallest absolute Gasteiger partial charge is 0.304 e. The van der Waals surface area contributed by atoms with Crippen LogP contribution in [0.1, 0.15) is 16.8 Å². The Labute approximate surface area is 110 Å². The molecule has 0 unspecified atom stereocenters. The van der Waals surface area contributed by atoms with E-state index in [-0.39, 0.29) is 4.87 Å². The molecule has 4 nitrogen and oxygen atoms in total. The van der Waals surface area contributed by atoms with Crippen molar-refractivity contribution in [3.63, 3.8) is 0 Å². The molecule has 0 aliphatic carbocycles. The van der Waals surface area contributed by atoms with Crippen LogP contribution in [-0.4, -0.2) is 12.1 Å². The van der Waals surface area contributed by atoms with E-state index in [1.165, 1.54) is 22.5 Å². The Morgan fingerprint density at radius 1 is 1.28 bits per heavy atom. The summed E-state index contributed by atoms with van der Waals surface area (Å²) in [5.41, 5.74) is 3.33. The summed E-state index contributed by atoms with van der Waals surface area (Å²) in [4.78, 5) is 13.8. The standard InChI is InChI=1S/C13H16N2O2S/c1-17-8-11-5-3-2-4-10(11)6-14-7-12-9-18-13(16)15-12/h2-5,9,14H,6-8H2,1H3,(H,15,16). The van der Waals surface area contributed by atoms with Gasteiger partial charge in [-0.1, -0.05) is 35.6 Å². The first-order valence-corrected chi connectivity index (χ1v) is 6.60. The number of methoxy groups -OCH3 is 1. The molecule has 0 atom stereocenters. The lowest BCUT2D eigenvalue weighted by Gasteiger charge is -2.09. The van der Waals surface area contributed by atoms with Crippen molar-refractivity contribution in [1.29, 1.82) is 0 Å². The molecule has 0 amide bonds. The van der Waals surface area contributed by atoms with Crippen molar-refractivity contribution in [1.82, 2.24) is 10.3 Å². The van der Waals surface area contributed by atoms with E-state index < -0.39 is 0 Å². The Morgan fingerprint density at radius 3 is 2.72 bits per heavy atom. The highest BCUT2D eigenvalue weighted by atomic mass is 32.1. The SMILES string of the molecule is COCc1ccccc1CNCc1csc(=O)[nH]1. The van der Waals surface area contributed by atoms with E-state index in [1.807, 2.05) is 17.5 Å². The fraction of sp³-hybridized carbons (Fsp3) is 0.308. The summed E-state index contributed by atoms with van der Waals surface area (Å²) in [6, 6.07) is 8.17. The predicted octanol–water partition coefficient (Wildman–Crippen LogP) is 1.87. The van der Waals surface area contributed by atoms with Gasteiger partial charge in [0.15, 0.2) is 0 Å². The van der Waals surface area contributed by atoms with Gasteiger partial charge in [0.2, 0.25) is 0 Å². The van der Waals surface area contributed by atoms with Crippen molar-refractivity contribution in [2.24, 2.45) is 0 Å². The fourth-order valence-corrected chi connectivity index (χ4v) is 2.34. The summed E-state index contributed by atoms with van der Waals surface area (Å²) in [5, 5.41) is 5.15. The molecule has 18 heavy (non-hydrogen) atoms. The zero-order valence-corrected chi connectivity index (χ0v) is 11.0. The second kappa shape index (κ2) is 6.49. The molecule has 2 aromatic rings. The largest absolute Gasteiger partial charge is 0.380 e. The lowest BCUT2D eigenvalue weighted by molar-refractivity contribution is 0.184. The summed E-state index contributed by atoms with van der Waals surface area (Å²) < 4.78 is 5.16. The second-order valence-electron chi connectivity index (χ2n) is 3.98. The maximum atomic E-state index is 11.0. The van der Waals surface area contributed by atoms with E-state index in [0.29, 0.717) is 13.2 Å². The predicted molar refractivity (Wildman–Crippen MR) is 72.6 cm³/mol. The van der Waals surface area contributed by atoms with Crippen LogP contribution in [0.4, 0.5) is 0 Å². The molecular formula is C13H16N2O2S. The summed E-state index contributed by atoms with van der Waals surface area (Å²) in [6.45, 7) is 2.05. The number of thiazole rings is 1. The van der Waals surface area contributed by atoms with E-state index in [2.05, 4.69) is 22.4 Å². The number of aromatic nitrogens is 1. The molecule has 96 valence electrons. The van der Waals surface area contributed by atoms with E-state index in [0.717, 1.165) is 12.2 Å². The Kier molecular flexibility index (Phi) is 4.69. The third kappa shape index (κ3) is 3.53. The molecule has 1 heterocycles. The molecule has 0 bridgehead atoms. The molecule has 2 rings (SSSR count). The lowest BCUT2D eigenvalue weighted by atomic mass is 10.1. The quantitative estimate of drug-likeness (QED) is 0.837. The van der Waals surface area contributed by atoms with Crippen LogP contribution in [0, 0.1) is 0 Å². The molecule has 0 radical (unpaired) electrons. The summed E-state index contributed by atoms with van der Waals surface area (Å²) >= 11 is 1.19. The van der Waals surface area contributed by atoms with Gasteiger partial charge >= 0.3 is 4.87 Å². The van der Waals surface area contributed by atoms with E-state index in [9.17, 15) is 4.79 Å². The Balaban J connectivity index is 1.91. The number of ether oxygens (including phenoxy) is 1. The van der Waals surface area contributed by atoms with Crippen molar-refractivity contribution in [3.8, 4) is 0 Å². The van der Waals surface area contributed by atoms with Crippen LogP contribution in [0.2, 0.25) is 0 Å². The molecule has 1 aromatic carbocycles. The minimum atomic E-state index is -0.00779. The van der Waals surface area contributed by atoms with Crippen LogP contribution in [0.5, 0.6) is 0 Å². The van der Waals surface area contributed by atoms with Gasteiger partial charge in [-0.2, -0.15) is 0 Å². The Hall–Kier alpha value is -1.43. The second-order valence-corrected chi connectivity index (χ2v) is 4.82. The van der Waals surface area contributed by atoms with E-state index in [4.69, 9.17) is 4.74 Å². The molecule has 0 saturated carbocycles. The number of hydrogen-bond acceptors (Lipinski definition) is 4. The van der Waals surface area contributed by atoms with Crippen LogP contribution in [0.15, 0.2) is 34.4 Å². The average molecular weight is 264 g/mol. The van der Waals surface area contributed by atoms with Crippen molar-refractivity contribution in [2.45, 2.75) is 19.7 Å². The minimum Gasteiger partial charge on any atom is -0.380 e. The number of rotatable bonds is 6. The van der Waals surface area contributed by atoms with Gasteiger partial charge in [0.25, 0.3) is 0 Å². The van der Waals surface area contributed by atoms with Gasteiger partial charge in [0.05, 0.1) is 6.61 Å². The summed E-state index contributed by atoms with van der Waals surface area (Å²) in [7, 11) is 1.69. The molecule has 0 saturated heterocycles. The third-order valence-electron chi connectivity index (χ3n) is 2.62. The summed E-state index contributed by atoms with van der Waals surface area (Å²) in [5.74, 6) is 0. The molecular weight excluding hydrogens is 248 g/mol. The first kappa shape index (κ1) is 13.0. The van der Waals surface area contributed by atoms with Crippen molar-refractivity contribution in [2.75, 3.05) is 7.11 Å². The van der Waals surface area contributed by atoms with Crippen LogP contribution in [0.25, 0.3) is 0 Å². The van der Waals surface area contributed by atoms with Crippen LogP contribution >= 0.6 is 11.3 Å². The highest BCUT2D eigenvalue weighted by molar-refractivity contribution is 7.07. The average Bonchev–Trinajstić information content (AvgIpc) is 2.78. The van der Waals surface area contributed by atoms with Gasteiger partial charge < -0.3 is 15.0 Å². The molecule has 1 aromatic heterocycles. The van der Waals surface area contributed by atoms with Gasteiger partial charge in [-0.25, -0.2) is 0 Å². The van der Waals surface area contributed by atoms with Crippen molar-refractivity contribution < 1.29 is 4.74 Å². The van der Waals surface area contributed by atoms with E-state index >= 15 is 0 Å². The molecule has 0 aliphatic heterocycles. The maximum Gasteiger partial charge on any atom is 0.304 e. The first-order valence-electron chi connectivity index (χ1n) is 5.72. The minimum absolute atomic E-state index is 0.00779. The lowest BCUT2D eigenvalue weighted by Crippen LogP contribution is -2.15. The molecule has 2 N–H and O–H groups in total. The first-order chi connectivity index (χ1) is 8.79. The van der Waals surface area contributed by atoms with Gasteiger partial charge in [0.1, 0.15) is 0 Å². The monoisotopic (exact) mass is 264 g/mol. The van der Waals surface area contributed by atoms with Crippen LogP contribution < -0.4 is 10.2 Å². The van der Waals surface area contributed by atoms with Gasteiger partial charge in [0, 0.05) is 31.3 Å². The molecule has 0 spiro atoms. The Bertz CT molecular complexity index is 548. The molecule has 0 fully saturated rings. The van der Waals surface area contributed by atoms with Crippen LogP contribution in [-0.2, 0) is 24.4 Å². The topological polar surface area (TPSA) is 54.1 Å². The normalized spacial score (nSPS) is 10.7. The fourth-order valence-electron chi connectivity index (χ4n) is 1.76. The zero-order valence-electron chi connectivity index (χ0n) is 10.2. The number of benzene rings is 1. The maximum absolute atomic E-state index is 11.0. The van der Waals surface area contributed by atoms with Gasteiger partial charge in [-0.3, -0.25) is 4.79 Å². The van der Waals surface area contributed by atoms with E-state index in [1.54, 1.807) is 7.11 Å². The highest BCUT2D eigenvalue weighted by Gasteiger charge is 2.01. The van der Waals surface area contributed by atoms with Crippen LogP contribution in [0.3, 0.4) is 0 Å². The number of hydrogen-bond donors (Lipinski definition) is 2. The summed E-state index contributed by atoms with van der Waals surface area (Å²) in [6.07, 6.45) is 0. The zero-order chi connectivity index (χ0) is 12.8. The Morgan fingerprint density at radius 2 is 2.06 bits per heavy atom. The van der Waals surface area contributed by atoms with Gasteiger partial charge in [-0.15, -0.1) is 0 Å². The molecule has 0 aliphatic rings. The third-order valence-corrected chi connectivity index (χ3v) is 3.34. The molecule has 5 heteroatoms. The number of aromatic amines is 1. The highest BCUT2D eigenvalue weighted by Crippen LogP contribution is 2.09. The van der Waals surface area contributed by atoms with Gasteiger partial charge in [-0.05, 0) is 11.1 Å². The number of nitrogens with one attached hydrogen (secondary N) is 2. The van der Waals surface area contributed by atoms with Crippen molar-refractivity contribution >= 4 is 11.3 Å².